The second kappa shape index (κ2) is 5.43. The second-order valence-electron chi connectivity index (χ2n) is 6.01. The van der Waals surface area contributed by atoms with Gasteiger partial charge in [0.1, 0.15) is 17.1 Å². The zero-order valence-corrected chi connectivity index (χ0v) is 11.6. The minimum absolute atomic E-state index is 0.133. The molecular weight excluding hydrogens is 256 g/mol. The van der Waals surface area contributed by atoms with Gasteiger partial charge in [0.15, 0.2) is 6.29 Å². The fourth-order valence-corrected chi connectivity index (χ4v) is 3.44. The summed E-state index contributed by atoms with van der Waals surface area (Å²) in [6.07, 6.45) is 9.16. The first kappa shape index (κ1) is 13.4. The molecule has 1 heterocycles. The number of furan rings is 1. The SMILES string of the molecule is O=Cc1c(C2CCC2)oc(C2CCCCC2)c1C(=O)O. The number of aromatic carboxylic acids is 1. The first-order valence-electron chi connectivity index (χ1n) is 7.57. The maximum Gasteiger partial charge on any atom is 0.340 e. The molecule has 1 aromatic heterocycles. The van der Waals surface area contributed by atoms with Crippen molar-refractivity contribution < 1.29 is 19.1 Å². The van der Waals surface area contributed by atoms with Crippen LogP contribution < -0.4 is 0 Å². The van der Waals surface area contributed by atoms with Crippen LogP contribution in [0.25, 0.3) is 0 Å². The molecule has 0 amide bonds. The largest absolute Gasteiger partial charge is 0.478 e. The zero-order chi connectivity index (χ0) is 14.1. The van der Waals surface area contributed by atoms with Crippen molar-refractivity contribution >= 4 is 12.3 Å². The number of aldehydes is 1. The maximum atomic E-state index is 11.6. The predicted octanol–water partition coefficient (Wildman–Crippen LogP) is 4.11. The van der Waals surface area contributed by atoms with Gasteiger partial charge in [-0.2, -0.15) is 0 Å². The Hall–Kier alpha value is -1.58. The van der Waals surface area contributed by atoms with Crippen LogP contribution in [0.3, 0.4) is 0 Å². The topological polar surface area (TPSA) is 67.5 Å². The van der Waals surface area contributed by atoms with Crippen LogP contribution in [0.1, 0.15) is 95.4 Å². The fraction of sp³-hybridized carbons (Fsp3) is 0.625. The van der Waals surface area contributed by atoms with Crippen molar-refractivity contribution in [3.63, 3.8) is 0 Å². The van der Waals surface area contributed by atoms with Gasteiger partial charge in [-0.1, -0.05) is 25.7 Å². The monoisotopic (exact) mass is 276 g/mol. The lowest BCUT2D eigenvalue weighted by atomic mass is 9.81. The Morgan fingerprint density at radius 3 is 2.10 bits per heavy atom. The molecule has 20 heavy (non-hydrogen) atoms. The second-order valence-corrected chi connectivity index (χ2v) is 6.01. The minimum atomic E-state index is -1.03. The van der Waals surface area contributed by atoms with Gasteiger partial charge in [0, 0.05) is 11.8 Å². The number of hydrogen-bond acceptors (Lipinski definition) is 3. The van der Waals surface area contributed by atoms with Crippen molar-refractivity contribution in [1.82, 2.24) is 0 Å². The molecule has 0 radical (unpaired) electrons. The average molecular weight is 276 g/mol. The van der Waals surface area contributed by atoms with Gasteiger partial charge in [0.05, 0.1) is 5.56 Å². The first-order valence-corrected chi connectivity index (χ1v) is 7.57. The van der Waals surface area contributed by atoms with Crippen molar-refractivity contribution in [2.24, 2.45) is 0 Å². The van der Waals surface area contributed by atoms with E-state index in [-0.39, 0.29) is 17.4 Å². The molecule has 1 aromatic rings. The van der Waals surface area contributed by atoms with Crippen LogP contribution in [0.4, 0.5) is 0 Å². The lowest BCUT2D eigenvalue weighted by molar-refractivity contribution is 0.0690. The van der Waals surface area contributed by atoms with E-state index in [1.165, 1.54) is 6.42 Å². The van der Waals surface area contributed by atoms with Gasteiger partial charge >= 0.3 is 5.97 Å². The smallest absolute Gasteiger partial charge is 0.340 e. The molecule has 0 saturated heterocycles. The van der Waals surface area contributed by atoms with E-state index in [9.17, 15) is 14.7 Å². The summed E-state index contributed by atoms with van der Waals surface area (Å²) in [6, 6.07) is 0. The highest BCUT2D eigenvalue weighted by Gasteiger charge is 2.35. The molecule has 0 unspecified atom stereocenters. The Balaban J connectivity index is 2.04. The molecule has 4 heteroatoms. The van der Waals surface area contributed by atoms with Crippen LogP contribution in [0.2, 0.25) is 0 Å². The van der Waals surface area contributed by atoms with E-state index in [2.05, 4.69) is 0 Å². The highest BCUT2D eigenvalue weighted by molar-refractivity contribution is 5.99. The normalized spacial score (nSPS) is 20.6. The van der Waals surface area contributed by atoms with Gasteiger partial charge in [0.25, 0.3) is 0 Å². The Labute approximate surface area is 118 Å². The van der Waals surface area contributed by atoms with Crippen LogP contribution in [0, 0.1) is 0 Å². The van der Waals surface area contributed by atoms with E-state index in [1.807, 2.05) is 0 Å². The van der Waals surface area contributed by atoms with Gasteiger partial charge in [0.2, 0.25) is 0 Å². The van der Waals surface area contributed by atoms with Gasteiger partial charge in [-0.05, 0) is 25.7 Å². The summed E-state index contributed by atoms with van der Waals surface area (Å²) in [5.74, 6) is 0.570. The van der Waals surface area contributed by atoms with E-state index >= 15 is 0 Å². The fourth-order valence-electron chi connectivity index (χ4n) is 3.44. The van der Waals surface area contributed by atoms with E-state index < -0.39 is 5.97 Å². The maximum absolute atomic E-state index is 11.6. The van der Waals surface area contributed by atoms with Crippen molar-refractivity contribution in [2.45, 2.75) is 63.2 Å². The Kier molecular flexibility index (Phi) is 3.64. The van der Waals surface area contributed by atoms with Crippen molar-refractivity contribution in [2.75, 3.05) is 0 Å². The molecule has 0 aliphatic heterocycles. The van der Waals surface area contributed by atoms with Crippen molar-refractivity contribution in [3.05, 3.63) is 22.6 Å². The molecular formula is C16H20O4. The summed E-state index contributed by atoms with van der Waals surface area (Å²) >= 11 is 0. The van der Waals surface area contributed by atoms with E-state index in [4.69, 9.17) is 4.42 Å². The minimum Gasteiger partial charge on any atom is -0.478 e. The van der Waals surface area contributed by atoms with E-state index in [0.29, 0.717) is 23.4 Å². The van der Waals surface area contributed by atoms with Crippen LogP contribution >= 0.6 is 0 Å². The number of carbonyl (C=O) groups is 2. The van der Waals surface area contributed by atoms with Crippen molar-refractivity contribution in [3.8, 4) is 0 Å². The number of rotatable bonds is 4. The number of hydrogen-bond donors (Lipinski definition) is 1. The molecule has 2 fully saturated rings. The zero-order valence-electron chi connectivity index (χ0n) is 11.6. The van der Waals surface area contributed by atoms with Gasteiger partial charge in [-0.25, -0.2) is 4.79 Å². The third kappa shape index (κ3) is 2.17. The Morgan fingerprint density at radius 1 is 1.00 bits per heavy atom. The molecule has 4 nitrogen and oxygen atoms in total. The lowest BCUT2D eigenvalue weighted by Gasteiger charge is -2.24. The molecule has 0 atom stereocenters. The molecule has 2 saturated carbocycles. The summed E-state index contributed by atoms with van der Waals surface area (Å²) in [6.45, 7) is 0. The summed E-state index contributed by atoms with van der Waals surface area (Å²) in [4.78, 5) is 22.9. The van der Waals surface area contributed by atoms with E-state index in [1.54, 1.807) is 0 Å². The van der Waals surface area contributed by atoms with Gasteiger partial charge in [-0.3, -0.25) is 4.79 Å². The van der Waals surface area contributed by atoms with Gasteiger partial charge < -0.3 is 9.52 Å². The summed E-state index contributed by atoms with van der Waals surface area (Å²) < 4.78 is 5.93. The molecule has 3 rings (SSSR count). The highest BCUT2D eigenvalue weighted by Crippen LogP contribution is 2.44. The Morgan fingerprint density at radius 2 is 1.60 bits per heavy atom. The third-order valence-electron chi connectivity index (χ3n) is 4.78. The van der Waals surface area contributed by atoms with Crippen molar-refractivity contribution in [1.29, 1.82) is 0 Å². The molecule has 0 spiro atoms. The van der Waals surface area contributed by atoms with E-state index in [0.717, 1.165) is 44.9 Å². The summed E-state index contributed by atoms with van der Waals surface area (Å²) in [5.41, 5.74) is 0.427. The van der Waals surface area contributed by atoms with Crippen LogP contribution in [0.5, 0.6) is 0 Å². The lowest BCUT2D eigenvalue weighted by Crippen LogP contribution is -2.11. The summed E-state index contributed by atoms with van der Waals surface area (Å²) in [7, 11) is 0. The quantitative estimate of drug-likeness (QED) is 0.840. The molecule has 0 aromatic carbocycles. The average Bonchev–Trinajstić information content (AvgIpc) is 2.77. The van der Waals surface area contributed by atoms with Crippen LogP contribution in [-0.2, 0) is 0 Å². The Bertz CT molecular complexity index is 519. The highest BCUT2D eigenvalue weighted by atomic mass is 16.4. The predicted molar refractivity (Wildman–Crippen MR) is 73.5 cm³/mol. The van der Waals surface area contributed by atoms with Crippen LogP contribution in [-0.4, -0.2) is 17.4 Å². The molecule has 108 valence electrons. The number of carboxylic acids is 1. The third-order valence-corrected chi connectivity index (χ3v) is 4.78. The van der Waals surface area contributed by atoms with Crippen LogP contribution in [0.15, 0.2) is 4.42 Å². The standard InChI is InChI=1S/C16H20O4/c17-9-12-13(16(18)19)15(11-5-2-1-3-6-11)20-14(12)10-7-4-8-10/h9-11H,1-8H2,(H,18,19). The van der Waals surface area contributed by atoms with Gasteiger partial charge in [-0.15, -0.1) is 0 Å². The number of carboxylic acid groups (broad SMARTS) is 1. The summed E-state index contributed by atoms with van der Waals surface area (Å²) in [5, 5.41) is 9.48. The molecule has 2 aliphatic rings. The molecule has 2 aliphatic carbocycles. The molecule has 1 N–H and O–H groups in total. The number of carbonyl (C=O) groups excluding carboxylic acids is 1. The molecule has 0 bridgehead atoms. The first-order chi connectivity index (χ1) is 9.72.